The molecule has 0 radical (unpaired) electrons. The summed E-state index contributed by atoms with van der Waals surface area (Å²) in [6.45, 7) is 0. The van der Waals surface area contributed by atoms with E-state index >= 15 is 0 Å². The van der Waals surface area contributed by atoms with Crippen molar-refractivity contribution in [1.29, 1.82) is 0 Å². The second-order valence-corrected chi connectivity index (χ2v) is 2.99. The normalized spacial score (nSPS) is 12.0. The maximum atomic E-state index is 12.0. The fraction of sp³-hybridized carbons (Fsp3) is 0.500. The van der Waals surface area contributed by atoms with Gasteiger partial charge in [0.1, 0.15) is 0 Å². The molecule has 0 aliphatic carbocycles. The lowest BCUT2D eigenvalue weighted by Gasteiger charge is -2.00. The summed E-state index contributed by atoms with van der Waals surface area (Å²) in [6.07, 6.45) is -1.21. The van der Waals surface area contributed by atoms with Crippen LogP contribution in [-0.4, -0.2) is 16.0 Å². The molecule has 0 saturated heterocycles. The first-order valence-electron chi connectivity index (χ1n) is 3.13. The van der Waals surface area contributed by atoms with Crippen LogP contribution in [0.25, 0.3) is 0 Å². The first-order chi connectivity index (χ1) is 5.54. The zero-order valence-electron chi connectivity index (χ0n) is 6.30. The number of hydrogen-bond donors (Lipinski definition) is 0. The van der Waals surface area contributed by atoms with Crippen molar-refractivity contribution in [2.45, 2.75) is 12.1 Å². The highest BCUT2D eigenvalue weighted by atomic mass is 32.2. The summed E-state index contributed by atoms with van der Waals surface area (Å²) in [7, 11) is 0. The van der Waals surface area contributed by atoms with Gasteiger partial charge in [0.05, 0.1) is 5.88 Å². The number of alkyl halides is 3. The minimum atomic E-state index is -4.33. The molecule has 12 heavy (non-hydrogen) atoms. The molecular formula is C6H7F3N2S. The van der Waals surface area contributed by atoms with E-state index in [1.54, 1.807) is 6.26 Å². The summed E-state index contributed by atoms with van der Waals surface area (Å²) in [5, 5.41) is 3.34. The van der Waals surface area contributed by atoms with Crippen molar-refractivity contribution in [2.24, 2.45) is 0 Å². The van der Waals surface area contributed by atoms with Crippen molar-refractivity contribution in [3.63, 3.8) is 0 Å². The van der Waals surface area contributed by atoms with E-state index in [0.29, 0.717) is 5.88 Å². The van der Waals surface area contributed by atoms with Crippen molar-refractivity contribution in [3.8, 4) is 0 Å². The molecule has 0 atom stereocenters. The molecule has 0 saturated carbocycles. The zero-order valence-corrected chi connectivity index (χ0v) is 7.11. The van der Waals surface area contributed by atoms with Crippen molar-refractivity contribution in [1.82, 2.24) is 9.78 Å². The summed E-state index contributed by atoms with van der Waals surface area (Å²) in [5.74, 6) is 0.441. The van der Waals surface area contributed by atoms with Gasteiger partial charge in [0, 0.05) is 6.20 Å². The molecule has 0 aliphatic heterocycles. The van der Waals surface area contributed by atoms with Crippen LogP contribution in [0.1, 0.15) is 5.69 Å². The number of thioether (sulfide) groups is 1. The van der Waals surface area contributed by atoms with Crippen LogP contribution in [0.3, 0.4) is 0 Å². The standard InChI is InChI=1S/C6H7F3N2S/c1-12-4-11-3-2-5(10-11)6(7,8)9/h2-3H,4H2,1H3. The Balaban J connectivity index is 2.77. The Kier molecular flexibility index (Phi) is 2.66. The molecule has 0 spiro atoms. The van der Waals surface area contributed by atoms with Crippen LogP contribution in [0.4, 0.5) is 13.2 Å². The second-order valence-electron chi connectivity index (χ2n) is 2.16. The monoisotopic (exact) mass is 196 g/mol. The number of hydrogen-bond acceptors (Lipinski definition) is 2. The lowest BCUT2D eigenvalue weighted by molar-refractivity contribution is -0.141. The van der Waals surface area contributed by atoms with Crippen LogP contribution in [0.2, 0.25) is 0 Å². The summed E-state index contributed by atoms with van der Waals surface area (Å²) >= 11 is 1.41. The fourth-order valence-corrected chi connectivity index (χ4v) is 1.13. The Labute approximate surface area is 71.8 Å². The first-order valence-corrected chi connectivity index (χ1v) is 4.53. The average molecular weight is 196 g/mol. The number of halogens is 3. The van der Waals surface area contributed by atoms with Crippen molar-refractivity contribution in [2.75, 3.05) is 6.26 Å². The third kappa shape index (κ3) is 2.17. The molecule has 0 unspecified atom stereocenters. The van der Waals surface area contributed by atoms with Crippen molar-refractivity contribution >= 4 is 11.8 Å². The van der Waals surface area contributed by atoms with Crippen molar-refractivity contribution in [3.05, 3.63) is 18.0 Å². The number of nitrogens with zero attached hydrogens (tertiary/aromatic N) is 2. The highest BCUT2D eigenvalue weighted by Crippen LogP contribution is 2.27. The lowest BCUT2D eigenvalue weighted by atomic mass is 10.4. The predicted molar refractivity (Wildman–Crippen MR) is 40.7 cm³/mol. The van der Waals surface area contributed by atoms with E-state index in [4.69, 9.17) is 0 Å². The predicted octanol–water partition coefficient (Wildman–Crippen LogP) is 2.22. The molecule has 0 aromatic carbocycles. The van der Waals surface area contributed by atoms with Gasteiger partial charge in [-0.3, -0.25) is 4.68 Å². The smallest absolute Gasteiger partial charge is 0.262 e. The molecule has 1 heterocycles. The van der Waals surface area contributed by atoms with Gasteiger partial charge in [-0.25, -0.2) is 0 Å². The van der Waals surface area contributed by atoms with Gasteiger partial charge < -0.3 is 0 Å². The molecule has 1 aromatic heterocycles. The Bertz CT molecular complexity index is 256. The largest absolute Gasteiger partial charge is 0.435 e. The fourth-order valence-electron chi connectivity index (χ4n) is 0.717. The molecular weight excluding hydrogens is 189 g/mol. The van der Waals surface area contributed by atoms with Crippen LogP contribution in [0, 0.1) is 0 Å². The van der Waals surface area contributed by atoms with E-state index in [0.717, 1.165) is 6.07 Å². The molecule has 0 fully saturated rings. The second kappa shape index (κ2) is 3.38. The highest BCUT2D eigenvalue weighted by molar-refractivity contribution is 7.97. The minimum absolute atomic E-state index is 0.441. The van der Waals surface area contributed by atoms with Crippen LogP contribution in [0.15, 0.2) is 12.3 Å². The van der Waals surface area contributed by atoms with E-state index < -0.39 is 11.9 Å². The number of aromatic nitrogens is 2. The molecule has 68 valence electrons. The molecule has 2 nitrogen and oxygen atoms in total. The SMILES string of the molecule is CSCn1ccc(C(F)(F)F)n1. The minimum Gasteiger partial charge on any atom is -0.262 e. The lowest BCUT2D eigenvalue weighted by Crippen LogP contribution is -2.07. The summed E-state index contributed by atoms with van der Waals surface area (Å²) < 4.78 is 37.1. The highest BCUT2D eigenvalue weighted by Gasteiger charge is 2.33. The molecule has 0 N–H and O–H groups in total. The van der Waals surface area contributed by atoms with E-state index in [9.17, 15) is 13.2 Å². The topological polar surface area (TPSA) is 17.8 Å². The molecule has 0 aliphatic rings. The van der Waals surface area contributed by atoms with E-state index in [-0.39, 0.29) is 0 Å². The Morgan fingerprint density at radius 2 is 2.25 bits per heavy atom. The van der Waals surface area contributed by atoms with Gasteiger partial charge in [0.25, 0.3) is 0 Å². The molecule has 0 amide bonds. The van der Waals surface area contributed by atoms with E-state index in [1.807, 2.05) is 0 Å². The van der Waals surface area contributed by atoms with Crippen LogP contribution in [-0.2, 0) is 12.1 Å². The van der Waals surface area contributed by atoms with Crippen LogP contribution in [0.5, 0.6) is 0 Å². The Morgan fingerprint density at radius 3 is 2.67 bits per heavy atom. The van der Waals surface area contributed by atoms with Gasteiger partial charge in [0.15, 0.2) is 5.69 Å². The molecule has 6 heteroatoms. The van der Waals surface area contributed by atoms with Gasteiger partial charge in [-0.05, 0) is 12.3 Å². The third-order valence-electron chi connectivity index (χ3n) is 1.19. The molecule has 0 bridgehead atoms. The third-order valence-corrected chi connectivity index (χ3v) is 1.72. The summed E-state index contributed by atoms with van der Waals surface area (Å²) in [5.41, 5.74) is -0.837. The van der Waals surface area contributed by atoms with E-state index in [2.05, 4.69) is 5.10 Å². The van der Waals surface area contributed by atoms with Crippen molar-refractivity contribution < 1.29 is 13.2 Å². The average Bonchev–Trinajstić information content (AvgIpc) is 2.35. The van der Waals surface area contributed by atoms with Gasteiger partial charge in [-0.15, -0.1) is 11.8 Å². The van der Waals surface area contributed by atoms with Gasteiger partial charge in [-0.2, -0.15) is 18.3 Å². The number of rotatable bonds is 2. The Hall–Kier alpha value is -0.650. The Morgan fingerprint density at radius 1 is 1.58 bits per heavy atom. The van der Waals surface area contributed by atoms with Crippen LogP contribution < -0.4 is 0 Å². The zero-order chi connectivity index (χ0) is 9.19. The van der Waals surface area contributed by atoms with Crippen LogP contribution >= 0.6 is 11.8 Å². The van der Waals surface area contributed by atoms with Gasteiger partial charge in [-0.1, -0.05) is 0 Å². The first kappa shape index (κ1) is 9.44. The summed E-state index contributed by atoms with van der Waals surface area (Å²) in [4.78, 5) is 0. The van der Waals surface area contributed by atoms with Gasteiger partial charge >= 0.3 is 6.18 Å². The van der Waals surface area contributed by atoms with Gasteiger partial charge in [0.2, 0.25) is 0 Å². The quantitative estimate of drug-likeness (QED) is 0.721. The molecule has 1 aromatic rings. The maximum absolute atomic E-state index is 12.0. The van der Waals surface area contributed by atoms with E-state index in [1.165, 1.54) is 22.6 Å². The summed E-state index contributed by atoms with van der Waals surface area (Å²) in [6, 6.07) is 0.968. The molecule has 1 rings (SSSR count). The maximum Gasteiger partial charge on any atom is 0.435 e.